The van der Waals surface area contributed by atoms with Crippen molar-refractivity contribution in [2.75, 3.05) is 17.6 Å². The molecule has 1 saturated heterocycles. The van der Waals surface area contributed by atoms with Gasteiger partial charge >= 0.3 is 11.8 Å². The van der Waals surface area contributed by atoms with Crippen LogP contribution in [-0.2, 0) is 9.59 Å². The van der Waals surface area contributed by atoms with Crippen LogP contribution in [0.5, 0.6) is 0 Å². The Hall–Kier alpha value is -3.42. The maximum absolute atomic E-state index is 13.0. The third kappa shape index (κ3) is 5.02. The van der Waals surface area contributed by atoms with Gasteiger partial charge in [-0.3, -0.25) is 19.7 Å². The summed E-state index contributed by atoms with van der Waals surface area (Å²) in [4.78, 5) is 31.6. The van der Waals surface area contributed by atoms with Crippen LogP contribution >= 0.6 is 0 Å². The number of aryl methyl sites for hydroxylation is 2. The minimum Gasteiger partial charge on any atom is -0.382 e. The fourth-order valence-corrected chi connectivity index (χ4v) is 3.68. The van der Waals surface area contributed by atoms with Gasteiger partial charge in [-0.25, -0.2) is 0 Å². The normalized spacial score (nSPS) is 18.9. The Kier molecular flexibility index (Phi) is 6.58. The van der Waals surface area contributed by atoms with Gasteiger partial charge in [0.1, 0.15) is 5.82 Å². The third-order valence-electron chi connectivity index (χ3n) is 5.85. The van der Waals surface area contributed by atoms with E-state index in [1.165, 1.54) is 0 Å². The van der Waals surface area contributed by atoms with Gasteiger partial charge in [0.2, 0.25) is 0 Å². The molecule has 1 aliphatic heterocycles. The van der Waals surface area contributed by atoms with Gasteiger partial charge in [0.25, 0.3) is 0 Å². The van der Waals surface area contributed by atoms with Crippen molar-refractivity contribution < 1.29 is 9.59 Å². The fraction of sp³-hybridized carbons (Fsp3) is 0.391. The van der Waals surface area contributed by atoms with E-state index in [0.717, 1.165) is 40.9 Å². The number of aromatic nitrogens is 3. The number of rotatable bonds is 4. The van der Waals surface area contributed by atoms with Gasteiger partial charge < -0.3 is 16.0 Å². The lowest BCUT2D eigenvalue weighted by atomic mass is 9.90. The molecule has 2 aromatic rings. The van der Waals surface area contributed by atoms with Crippen LogP contribution in [0.2, 0.25) is 0 Å². The molecule has 31 heavy (non-hydrogen) atoms. The standard InChI is InChI=1S/C23H30N6O2/c1-13-6-9-20(14(2)7-8-19-16(4)21(24)28-27-19)29(12-13)23(31)22(30)26-18-10-15(3)17(5)25-11-18/h7-8,10-11,13,20H,2,6,9,12H2,1,3-5H3,(H,26,30)(H3,24,27,28)/b8-7-/t13-,20+/m1/s1. The average molecular weight is 423 g/mol. The Labute approximate surface area is 182 Å². The van der Waals surface area contributed by atoms with Gasteiger partial charge in [-0.15, -0.1) is 0 Å². The van der Waals surface area contributed by atoms with Crippen LogP contribution in [0.25, 0.3) is 6.08 Å². The highest BCUT2D eigenvalue weighted by molar-refractivity contribution is 6.39. The van der Waals surface area contributed by atoms with Crippen molar-refractivity contribution >= 4 is 29.4 Å². The number of nitrogens with one attached hydrogen (secondary N) is 2. The van der Waals surface area contributed by atoms with Crippen molar-refractivity contribution in [3.05, 3.63) is 53.0 Å². The van der Waals surface area contributed by atoms with Crippen LogP contribution < -0.4 is 11.1 Å². The highest BCUT2D eigenvalue weighted by Gasteiger charge is 2.34. The van der Waals surface area contributed by atoms with Crippen LogP contribution in [0, 0.1) is 26.7 Å². The molecule has 0 aliphatic carbocycles. The number of H-pyrrole nitrogens is 1. The van der Waals surface area contributed by atoms with Gasteiger partial charge in [0.05, 0.1) is 23.6 Å². The molecular weight excluding hydrogens is 392 g/mol. The van der Waals surface area contributed by atoms with E-state index in [4.69, 9.17) is 5.73 Å². The molecule has 2 atom stereocenters. The van der Waals surface area contributed by atoms with Crippen LogP contribution in [0.15, 0.2) is 30.5 Å². The van der Waals surface area contributed by atoms with Crippen molar-refractivity contribution in [3.63, 3.8) is 0 Å². The zero-order valence-electron chi connectivity index (χ0n) is 18.5. The summed E-state index contributed by atoms with van der Waals surface area (Å²) < 4.78 is 0. The minimum absolute atomic E-state index is 0.246. The van der Waals surface area contributed by atoms with Crippen molar-refractivity contribution in [3.8, 4) is 0 Å². The molecule has 0 bridgehead atoms. The Morgan fingerprint density at radius 1 is 1.32 bits per heavy atom. The monoisotopic (exact) mass is 422 g/mol. The lowest BCUT2D eigenvalue weighted by Gasteiger charge is -2.38. The number of nitrogen functional groups attached to an aromatic ring is 1. The number of anilines is 2. The van der Waals surface area contributed by atoms with Gasteiger partial charge in [-0.2, -0.15) is 5.10 Å². The number of pyridine rings is 1. The predicted molar refractivity (Wildman–Crippen MR) is 122 cm³/mol. The Bertz CT molecular complexity index is 1040. The summed E-state index contributed by atoms with van der Waals surface area (Å²) >= 11 is 0. The summed E-state index contributed by atoms with van der Waals surface area (Å²) in [6.07, 6.45) is 6.97. The zero-order valence-corrected chi connectivity index (χ0v) is 18.5. The zero-order chi connectivity index (χ0) is 22.7. The number of hydrogen-bond acceptors (Lipinski definition) is 5. The van der Waals surface area contributed by atoms with E-state index in [-0.39, 0.29) is 6.04 Å². The number of hydrogen-bond donors (Lipinski definition) is 3. The van der Waals surface area contributed by atoms with Gasteiger partial charge in [0.15, 0.2) is 0 Å². The Morgan fingerprint density at radius 2 is 2.06 bits per heavy atom. The molecule has 2 amide bonds. The molecule has 0 radical (unpaired) electrons. The molecule has 8 nitrogen and oxygen atoms in total. The molecule has 1 aliphatic rings. The molecule has 164 valence electrons. The highest BCUT2D eigenvalue weighted by Crippen LogP contribution is 2.27. The average Bonchev–Trinajstić information content (AvgIpc) is 3.06. The van der Waals surface area contributed by atoms with Crippen LogP contribution in [0.1, 0.15) is 42.3 Å². The molecule has 0 spiro atoms. The van der Waals surface area contributed by atoms with Crippen LogP contribution in [0.3, 0.4) is 0 Å². The number of likely N-dealkylation sites (tertiary alicyclic amines) is 1. The number of carbonyl (C=O) groups is 2. The Morgan fingerprint density at radius 3 is 2.71 bits per heavy atom. The summed E-state index contributed by atoms with van der Waals surface area (Å²) in [5.74, 6) is -0.474. The van der Waals surface area contributed by atoms with Crippen LogP contribution in [0.4, 0.5) is 11.5 Å². The van der Waals surface area contributed by atoms with Gasteiger partial charge in [0, 0.05) is 17.8 Å². The number of nitrogens with two attached hydrogens (primary N) is 1. The van der Waals surface area contributed by atoms with E-state index in [1.807, 2.05) is 39.0 Å². The first-order chi connectivity index (χ1) is 14.7. The van der Waals surface area contributed by atoms with Crippen LogP contribution in [-0.4, -0.2) is 44.5 Å². The van der Waals surface area contributed by atoms with Crippen molar-refractivity contribution in [2.45, 2.75) is 46.6 Å². The van der Waals surface area contributed by atoms with E-state index in [9.17, 15) is 9.59 Å². The topological polar surface area (TPSA) is 117 Å². The summed E-state index contributed by atoms with van der Waals surface area (Å²) in [5, 5.41) is 9.54. The maximum atomic E-state index is 13.0. The third-order valence-corrected chi connectivity index (χ3v) is 5.85. The molecule has 3 heterocycles. The highest BCUT2D eigenvalue weighted by atomic mass is 16.2. The number of aromatic amines is 1. The molecule has 0 unspecified atom stereocenters. The SMILES string of the molecule is C=C(/C=C\c1[nH]nc(N)c1C)[C@@H]1CC[C@@H](C)CN1C(=O)C(=O)Nc1cnc(C)c(C)c1. The minimum atomic E-state index is -0.668. The van der Waals surface area contributed by atoms with E-state index in [1.54, 1.807) is 11.1 Å². The summed E-state index contributed by atoms with van der Waals surface area (Å²) in [6.45, 7) is 12.4. The summed E-state index contributed by atoms with van der Waals surface area (Å²) in [6, 6.07) is 1.56. The Balaban J connectivity index is 1.74. The second-order valence-corrected chi connectivity index (χ2v) is 8.29. The van der Waals surface area contributed by atoms with E-state index >= 15 is 0 Å². The van der Waals surface area contributed by atoms with Crippen molar-refractivity contribution in [2.24, 2.45) is 5.92 Å². The first-order valence-corrected chi connectivity index (χ1v) is 10.4. The smallest absolute Gasteiger partial charge is 0.313 e. The quantitative estimate of drug-likeness (QED) is 0.517. The second-order valence-electron chi connectivity index (χ2n) is 8.29. The number of piperidine rings is 1. The van der Waals surface area contributed by atoms with Gasteiger partial charge in [-0.1, -0.05) is 19.6 Å². The summed E-state index contributed by atoms with van der Waals surface area (Å²) in [5.41, 5.74) is 10.5. The van der Waals surface area contributed by atoms with Crippen molar-refractivity contribution in [1.29, 1.82) is 0 Å². The number of carbonyl (C=O) groups excluding carboxylic acids is 2. The molecule has 0 saturated carbocycles. The van der Waals surface area contributed by atoms with E-state index < -0.39 is 11.8 Å². The molecule has 1 fully saturated rings. The molecule has 0 aromatic carbocycles. The van der Waals surface area contributed by atoms with E-state index in [2.05, 4.69) is 34.0 Å². The molecule has 2 aromatic heterocycles. The lowest BCUT2D eigenvalue weighted by Crippen LogP contribution is -2.50. The molecule has 3 rings (SSSR count). The largest absolute Gasteiger partial charge is 0.382 e. The molecular formula is C23H30N6O2. The number of amides is 2. The lowest BCUT2D eigenvalue weighted by molar-refractivity contribution is -0.145. The molecule has 8 heteroatoms. The van der Waals surface area contributed by atoms with Gasteiger partial charge in [-0.05, 0) is 62.8 Å². The first kappa shape index (κ1) is 22.3. The maximum Gasteiger partial charge on any atom is 0.313 e. The second kappa shape index (κ2) is 9.16. The van der Waals surface area contributed by atoms with Crippen molar-refractivity contribution in [1.82, 2.24) is 20.1 Å². The fourth-order valence-electron chi connectivity index (χ4n) is 3.68. The molecule has 4 N–H and O–H groups in total. The van der Waals surface area contributed by atoms with E-state index in [0.29, 0.717) is 24.0 Å². The number of nitrogens with zero attached hydrogens (tertiary/aromatic N) is 3. The summed E-state index contributed by atoms with van der Waals surface area (Å²) in [7, 11) is 0. The first-order valence-electron chi connectivity index (χ1n) is 10.4. The predicted octanol–water partition coefficient (Wildman–Crippen LogP) is 3.15.